The molecule has 0 spiro atoms. The van der Waals surface area contributed by atoms with Crippen molar-refractivity contribution < 1.29 is 31.9 Å². The van der Waals surface area contributed by atoms with Gasteiger partial charge in [-0.05, 0) is 24.5 Å². The average Bonchev–Trinajstić information content (AvgIpc) is 3.04. The Labute approximate surface area is 110 Å². The van der Waals surface area contributed by atoms with Crippen molar-refractivity contribution >= 4 is 17.7 Å². The molecule has 0 bridgehead atoms. The van der Waals surface area contributed by atoms with Gasteiger partial charge in [-0.3, -0.25) is 10.1 Å². The third-order valence-electron chi connectivity index (χ3n) is 2.62. The van der Waals surface area contributed by atoms with E-state index >= 15 is 0 Å². The first-order valence-electron chi connectivity index (χ1n) is 5.62. The lowest BCUT2D eigenvalue weighted by atomic mass is 10.3. The molecule has 0 unspecified atom stereocenters. The van der Waals surface area contributed by atoms with E-state index < -0.39 is 30.7 Å². The van der Waals surface area contributed by atoms with Gasteiger partial charge in [0.15, 0.2) is 0 Å². The van der Waals surface area contributed by atoms with E-state index in [2.05, 4.69) is 0 Å². The maximum absolute atomic E-state index is 12.6. The second-order valence-corrected chi connectivity index (χ2v) is 5.53. The summed E-state index contributed by atoms with van der Waals surface area (Å²) in [6, 6.07) is -1.41. The van der Waals surface area contributed by atoms with Crippen molar-refractivity contribution in [2.24, 2.45) is 5.92 Å². The lowest BCUT2D eigenvalue weighted by Crippen LogP contribution is -2.50. The molecule has 112 valence electrons. The molecule has 1 rings (SSSR count). The van der Waals surface area contributed by atoms with Crippen LogP contribution in [-0.2, 0) is 4.79 Å². The van der Waals surface area contributed by atoms with Crippen LogP contribution in [0.2, 0.25) is 0 Å². The van der Waals surface area contributed by atoms with Crippen molar-refractivity contribution in [3.8, 4) is 0 Å². The van der Waals surface area contributed by atoms with Crippen LogP contribution in [0.1, 0.15) is 12.8 Å². The third-order valence-corrected chi connectivity index (χ3v) is 3.89. The van der Waals surface area contributed by atoms with Gasteiger partial charge in [-0.15, -0.1) is 0 Å². The predicted octanol–water partition coefficient (Wildman–Crippen LogP) is 2.37. The molecule has 0 aromatic rings. The highest BCUT2D eigenvalue weighted by molar-refractivity contribution is 7.99. The Balaban J connectivity index is 2.37. The molecular formula is C10H14F5NO2S. The van der Waals surface area contributed by atoms with Gasteiger partial charge in [0.2, 0.25) is 0 Å². The molecule has 1 saturated carbocycles. The van der Waals surface area contributed by atoms with Crippen molar-refractivity contribution in [2.75, 3.05) is 18.1 Å². The molecular weight excluding hydrogens is 293 g/mol. The molecule has 0 heterocycles. The van der Waals surface area contributed by atoms with Crippen LogP contribution in [0, 0.1) is 5.92 Å². The molecule has 0 amide bonds. The number of nitrogens with one attached hydrogen (secondary N) is 1. The zero-order valence-corrected chi connectivity index (χ0v) is 10.7. The van der Waals surface area contributed by atoms with Crippen molar-refractivity contribution in [3.05, 3.63) is 0 Å². The SMILES string of the molecule is O=C(O)[C@H](CSCC1CC1)NCC(F)(F)C(F)(F)F. The van der Waals surface area contributed by atoms with Crippen LogP contribution < -0.4 is 5.32 Å². The first-order chi connectivity index (χ1) is 8.63. The Bertz CT molecular complexity index is 320. The number of carboxylic acids is 1. The average molecular weight is 307 g/mol. The number of aliphatic carboxylic acids is 1. The molecule has 0 saturated heterocycles. The van der Waals surface area contributed by atoms with Crippen LogP contribution in [0.4, 0.5) is 22.0 Å². The highest BCUT2D eigenvalue weighted by Crippen LogP contribution is 2.35. The molecule has 3 nitrogen and oxygen atoms in total. The molecule has 19 heavy (non-hydrogen) atoms. The molecule has 0 aromatic heterocycles. The van der Waals surface area contributed by atoms with Crippen LogP contribution >= 0.6 is 11.8 Å². The van der Waals surface area contributed by atoms with E-state index in [1.54, 1.807) is 5.32 Å². The Morgan fingerprint density at radius 3 is 2.32 bits per heavy atom. The summed E-state index contributed by atoms with van der Waals surface area (Å²) in [5, 5.41) is 10.5. The minimum absolute atomic E-state index is 0.0280. The van der Waals surface area contributed by atoms with Gasteiger partial charge in [0.05, 0.1) is 6.54 Å². The van der Waals surface area contributed by atoms with E-state index in [0.717, 1.165) is 12.8 Å². The number of carboxylic acid groups (broad SMARTS) is 1. The minimum Gasteiger partial charge on any atom is -0.480 e. The van der Waals surface area contributed by atoms with E-state index in [-0.39, 0.29) is 5.75 Å². The molecule has 9 heteroatoms. The first-order valence-corrected chi connectivity index (χ1v) is 6.77. The molecule has 0 aromatic carbocycles. The van der Waals surface area contributed by atoms with E-state index in [1.165, 1.54) is 11.8 Å². The van der Waals surface area contributed by atoms with Crippen LogP contribution in [0.5, 0.6) is 0 Å². The Morgan fingerprint density at radius 2 is 1.89 bits per heavy atom. The van der Waals surface area contributed by atoms with Gasteiger partial charge in [0, 0.05) is 5.75 Å². The number of hydrogen-bond acceptors (Lipinski definition) is 3. The normalized spacial score (nSPS) is 18.4. The van der Waals surface area contributed by atoms with Gasteiger partial charge in [0.1, 0.15) is 6.04 Å². The largest absolute Gasteiger partial charge is 0.480 e. The molecule has 1 aliphatic rings. The molecule has 1 atom stereocenters. The van der Waals surface area contributed by atoms with E-state index in [1.807, 2.05) is 0 Å². The second kappa shape index (κ2) is 6.25. The fourth-order valence-corrected chi connectivity index (χ4v) is 2.51. The quantitative estimate of drug-likeness (QED) is 0.676. The number of alkyl halides is 5. The van der Waals surface area contributed by atoms with Crippen LogP contribution in [0.15, 0.2) is 0 Å². The van der Waals surface area contributed by atoms with Crippen LogP contribution in [0.25, 0.3) is 0 Å². The zero-order valence-electron chi connectivity index (χ0n) is 9.84. The lowest BCUT2D eigenvalue weighted by Gasteiger charge is -2.22. The lowest BCUT2D eigenvalue weighted by molar-refractivity contribution is -0.279. The molecule has 0 aliphatic heterocycles. The minimum atomic E-state index is -5.68. The first kappa shape index (κ1) is 16.5. The molecule has 0 radical (unpaired) electrons. The van der Waals surface area contributed by atoms with E-state index in [0.29, 0.717) is 11.7 Å². The van der Waals surface area contributed by atoms with Crippen molar-refractivity contribution in [1.29, 1.82) is 0 Å². The summed E-state index contributed by atoms with van der Waals surface area (Å²) in [6.07, 6.45) is -3.56. The van der Waals surface area contributed by atoms with Gasteiger partial charge in [-0.25, -0.2) is 0 Å². The van der Waals surface area contributed by atoms with Crippen molar-refractivity contribution in [1.82, 2.24) is 5.32 Å². The number of thioether (sulfide) groups is 1. The summed E-state index contributed by atoms with van der Waals surface area (Å²) in [5.41, 5.74) is 0. The van der Waals surface area contributed by atoms with Crippen molar-refractivity contribution in [3.63, 3.8) is 0 Å². The van der Waals surface area contributed by atoms with Gasteiger partial charge in [-0.1, -0.05) is 0 Å². The summed E-state index contributed by atoms with van der Waals surface area (Å²) in [6.45, 7) is -1.72. The highest BCUT2D eigenvalue weighted by atomic mass is 32.2. The third kappa shape index (κ3) is 5.52. The summed E-state index contributed by atoms with van der Waals surface area (Å²) in [4.78, 5) is 10.8. The zero-order chi connectivity index (χ0) is 14.7. The maximum Gasteiger partial charge on any atom is 0.454 e. The fourth-order valence-electron chi connectivity index (χ4n) is 1.21. The van der Waals surface area contributed by atoms with Gasteiger partial charge < -0.3 is 5.11 Å². The standard InChI is InChI=1S/C10H14F5NO2S/c11-9(12,10(13,14)15)5-16-7(8(17)18)4-19-3-6-1-2-6/h6-7,16H,1-5H2,(H,17,18)/t7-/m0/s1. The van der Waals surface area contributed by atoms with Crippen LogP contribution in [0.3, 0.4) is 0 Å². The van der Waals surface area contributed by atoms with Gasteiger partial charge >= 0.3 is 18.1 Å². The number of halogens is 5. The van der Waals surface area contributed by atoms with E-state index in [4.69, 9.17) is 5.11 Å². The highest BCUT2D eigenvalue weighted by Gasteiger charge is 2.57. The fraction of sp³-hybridized carbons (Fsp3) is 0.900. The Kier molecular flexibility index (Phi) is 5.43. The smallest absolute Gasteiger partial charge is 0.454 e. The number of hydrogen-bond donors (Lipinski definition) is 2. The number of rotatable bonds is 8. The van der Waals surface area contributed by atoms with Gasteiger partial charge in [-0.2, -0.15) is 33.7 Å². The number of carbonyl (C=O) groups is 1. The predicted molar refractivity (Wildman–Crippen MR) is 60.5 cm³/mol. The molecule has 2 N–H and O–H groups in total. The summed E-state index contributed by atoms with van der Waals surface area (Å²) in [7, 11) is 0. The Hall–Kier alpha value is -0.570. The van der Waals surface area contributed by atoms with Crippen molar-refractivity contribution in [2.45, 2.75) is 31.0 Å². The maximum atomic E-state index is 12.6. The Morgan fingerprint density at radius 1 is 1.32 bits per heavy atom. The summed E-state index contributed by atoms with van der Waals surface area (Å²) in [5.74, 6) is -5.15. The van der Waals surface area contributed by atoms with E-state index in [9.17, 15) is 26.7 Å². The second-order valence-electron chi connectivity index (χ2n) is 4.45. The molecule has 1 aliphatic carbocycles. The van der Waals surface area contributed by atoms with Crippen LogP contribution in [-0.4, -0.2) is 47.3 Å². The monoisotopic (exact) mass is 307 g/mol. The topological polar surface area (TPSA) is 49.3 Å². The summed E-state index contributed by atoms with van der Waals surface area (Å²) < 4.78 is 61.0. The molecule has 1 fully saturated rings. The summed E-state index contributed by atoms with van der Waals surface area (Å²) >= 11 is 1.25. The van der Waals surface area contributed by atoms with Gasteiger partial charge in [0.25, 0.3) is 0 Å².